The molecular weight excluding hydrogens is 457 g/mol. The van der Waals surface area contributed by atoms with E-state index in [2.05, 4.69) is 4.98 Å². The summed E-state index contributed by atoms with van der Waals surface area (Å²) in [4.78, 5) is 27.6. The van der Waals surface area contributed by atoms with Gasteiger partial charge >= 0.3 is 12.1 Å². The Bertz CT molecular complexity index is 1370. The van der Waals surface area contributed by atoms with Gasteiger partial charge < -0.3 is 9.84 Å². The summed E-state index contributed by atoms with van der Waals surface area (Å²) in [5, 5.41) is 10.1. The first-order chi connectivity index (χ1) is 15.6. The van der Waals surface area contributed by atoms with E-state index in [1.165, 1.54) is 44.4 Å². The highest BCUT2D eigenvalue weighted by Crippen LogP contribution is 2.39. The van der Waals surface area contributed by atoms with Crippen molar-refractivity contribution in [3.8, 4) is 10.8 Å². The molecule has 2 heterocycles. The van der Waals surface area contributed by atoms with E-state index in [-0.39, 0.29) is 22.0 Å². The van der Waals surface area contributed by atoms with Crippen molar-refractivity contribution in [2.24, 2.45) is 0 Å². The van der Waals surface area contributed by atoms with Crippen molar-refractivity contribution in [1.82, 2.24) is 9.55 Å². The Labute approximate surface area is 189 Å². The van der Waals surface area contributed by atoms with Gasteiger partial charge in [-0.25, -0.2) is 9.78 Å². The van der Waals surface area contributed by atoms with Crippen LogP contribution in [0.25, 0.3) is 16.0 Å². The van der Waals surface area contributed by atoms with Crippen LogP contribution >= 0.6 is 11.3 Å². The molecule has 0 fully saturated rings. The molecule has 2 aromatic heterocycles. The van der Waals surface area contributed by atoms with Crippen LogP contribution < -0.4 is 4.74 Å². The van der Waals surface area contributed by atoms with Gasteiger partial charge in [-0.05, 0) is 38.1 Å². The number of carbonyl (C=O) groups excluding carboxylic acids is 1. The fourth-order valence-electron chi connectivity index (χ4n) is 3.49. The quantitative estimate of drug-likeness (QED) is 0.339. The highest BCUT2D eigenvalue weighted by atomic mass is 32.1. The SMILES string of the molecule is CC(=O)c1ccc2c(c1)ncn2-c1cc(O[C@H](C)c2ccccc2C(F)(F)F)c(C(=O)O)s1. The molecule has 10 heteroatoms. The zero-order valence-corrected chi connectivity index (χ0v) is 18.2. The minimum absolute atomic E-state index is 0.0471. The first-order valence-corrected chi connectivity index (χ1v) is 10.6. The number of carboxylic acids is 1. The molecule has 4 aromatic rings. The van der Waals surface area contributed by atoms with Crippen molar-refractivity contribution in [2.75, 3.05) is 0 Å². The van der Waals surface area contributed by atoms with Gasteiger partial charge in [0, 0.05) is 17.2 Å². The van der Waals surface area contributed by atoms with E-state index in [0.29, 0.717) is 21.6 Å². The van der Waals surface area contributed by atoms with Gasteiger partial charge in [-0.2, -0.15) is 13.2 Å². The summed E-state index contributed by atoms with van der Waals surface area (Å²) < 4.78 is 47.5. The third kappa shape index (κ3) is 4.34. The van der Waals surface area contributed by atoms with E-state index in [4.69, 9.17) is 4.74 Å². The predicted molar refractivity (Wildman–Crippen MR) is 116 cm³/mol. The average Bonchev–Trinajstić information content (AvgIpc) is 3.36. The van der Waals surface area contributed by atoms with Crippen molar-refractivity contribution in [1.29, 1.82) is 0 Å². The summed E-state index contributed by atoms with van der Waals surface area (Å²) in [7, 11) is 0. The Balaban J connectivity index is 1.73. The highest BCUT2D eigenvalue weighted by molar-refractivity contribution is 7.16. The molecule has 2 aromatic carbocycles. The first kappa shape index (κ1) is 22.5. The Morgan fingerprint density at radius 3 is 2.55 bits per heavy atom. The molecule has 0 aliphatic carbocycles. The highest BCUT2D eigenvalue weighted by Gasteiger charge is 2.35. The number of benzene rings is 2. The van der Waals surface area contributed by atoms with Gasteiger partial charge in [0.25, 0.3) is 0 Å². The van der Waals surface area contributed by atoms with Gasteiger partial charge in [0.05, 0.1) is 16.6 Å². The van der Waals surface area contributed by atoms with Crippen molar-refractivity contribution in [3.05, 3.63) is 76.4 Å². The molecule has 33 heavy (non-hydrogen) atoms. The topological polar surface area (TPSA) is 81.4 Å². The Kier molecular flexibility index (Phi) is 5.71. The predicted octanol–water partition coefficient (Wildman–Crippen LogP) is 6.15. The summed E-state index contributed by atoms with van der Waals surface area (Å²) in [6.07, 6.45) is -4.14. The first-order valence-electron chi connectivity index (χ1n) is 9.74. The molecule has 1 N–H and O–H groups in total. The molecule has 0 bridgehead atoms. The zero-order valence-electron chi connectivity index (χ0n) is 17.4. The molecule has 170 valence electrons. The molecule has 0 saturated carbocycles. The molecule has 0 radical (unpaired) electrons. The minimum atomic E-state index is -4.57. The molecule has 6 nitrogen and oxygen atoms in total. The number of aromatic carboxylic acids is 1. The molecule has 0 aliphatic heterocycles. The van der Waals surface area contributed by atoms with E-state index < -0.39 is 23.8 Å². The maximum Gasteiger partial charge on any atom is 0.416 e. The van der Waals surface area contributed by atoms with Crippen molar-refractivity contribution in [3.63, 3.8) is 0 Å². The largest absolute Gasteiger partial charge is 0.484 e. The number of thiophene rings is 1. The molecule has 1 atom stereocenters. The third-order valence-electron chi connectivity index (χ3n) is 5.08. The minimum Gasteiger partial charge on any atom is -0.484 e. The number of ether oxygens (including phenoxy) is 1. The molecule has 0 spiro atoms. The number of hydrogen-bond acceptors (Lipinski definition) is 5. The summed E-state index contributed by atoms with van der Waals surface area (Å²) in [6.45, 7) is 2.88. The number of fused-ring (bicyclic) bond motifs is 1. The lowest BCUT2D eigenvalue weighted by atomic mass is 10.0. The number of alkyl halides is 3. The maximum absolute atomic E-state index is 13.4. The number of halogens is 3. The lowest BCUT2D eigenvalue weighted by Crippen LogP contribution is -2.14. The number of nitrogens with zero attached hydrogens (tertiary/aromatic N) is 2. The Hall–Kier alpha value is -3.66. The normalized spacial score (nSPS) is 12.6. The number of hydrogen-bond donors (Lipinski definition) is 1. The summed E-state index contributed by atoms with van der Waals surface area (Å²) in [6, 6.07) is 11.4. The van der Waals surface area contributed by atoms with Gasteiger partial charge in [0.2, 0.25) is 0 Å². The lowest BCUT2D eigenvalue weighted by molar-refractivity contribution is -0.139. The maximum atomic E-state index is 13.4. The number of ketones is 1. The second-order valence-corrected chi connectivity index (χ2v) is 8.33. The van der Waals surface area contributed by atoms with Crippen LogP contribution in [0, 0.1) is 0 Å². The number of imidazole rings is 1. The molecule has 0 saturated heterocycles. The summed E-state index contributed by atoms with van der Waals surface area (Å²) in [5.41, 5.74) is 0.736. The number of rotatable bonds is 6. The van der Waals surface area contributed by atoms with Crippen molar-refractivity contribution >= 4 is 34.1 Å². The zero-order chi connectivity index (χ0) is 23.9. The molecule has 4 rings (SSSR count). The monoisotopic (exact) mass is 474 g/mol. The standard InChI is InChI=1S/C23H17F3N2O4S/c1-12(29)14-7-8-18-17(9-14)27-11-28(18)20-10-19(21(33-20)22(30)31)32-13(2)15-5-3-4-6-16(15)23(24,25)26/h3-11,13H,1-2H3,(H,30,31)/t13-/m1/s1. The second kappa shape index (κ2) is 8.36. The van der Waals surface area contributed by atoms with Gasteiger partial charge in [-0.1, -0.05) is 18.2 Å². The average molecular weight is 474 g/mol. The van der Waals surface area contributed by atoms with Crippen LogP contribution in [0.2, 0.25) is 0 Å². The van der Waals surface area contributed by atoms with E-state index in [9.17, 15) is 27.9 Å². The van der Waals surface area contributed by atoms with Gasteiger partial charge in [-0.3, -0.25) is 9.36 Å². The van der Waals surface area contributed by atoms with Crippen LogP contribution in [-0.2, 0) is 6.18 Å². The van der Waals surface area contributed by atoms with Crippen LogP contribution in [0.15, 0.2) is 54.9 Å². The number of carboxylic acid groups (broad SMARTS) is 1. The van der Waals surface area contributed by atoms with Crippen LogP contribution in [0.1, 0.15) is 51.1 Å². The Morgan fingerprint density at radius 1 is 1.15 bits per heavy atom. The smallest absolute Gasteiger partial charge is 0.416 e. The van der Waals surface area contributed by atoms with Gasteiger partial charge in [0.15, 0.2) is 10.7 Å². The van der Waals surface area contributed by atoms with E-state index in [1.54, 1.807) is 22.8 Å². The van der Waals surface area contributed by atoms with Crippen LogP contribution in [0.3, 0.4) is 0 Å². The lowest BCUT2D eigenvalue weighted by Gasteiger charge is -2.19. The fraction of sp³-hybridized carbons (Fsp3) is 0.174. The molecule has 0 aliphatic rings. The van der Waals surface area contributed by atoms with E-state index >= 15 is 0 Å². The fourth-order valence-corrected chi connectivity index (χ4v) is 4.40. The van der Waals surface area contributed by atoms with Crippen LogP contribution in [-0.4, -0.2) is 26.4 Å². The van der Waals surface area contributed by atoms with E-state index in [1.807, 2.05) is 0 Å². The number of Topliss-reactive ketones (excluding diaryl/α,β-unsaturated/α-hetero) is 1. The number of aromatic nitrogens is 2. The Morgan fingerprint density at radius 2 is 1.88 bits per heavy atom. The van der Waals surface area contributed by atoms with Crippen molar-refractivity contribution < 1.29 is 32.6 Å². The van der Waals surface area contributed by atoms with Gasteiger partial charge in [0.1, 0.15) is 23.2 Å². The molecular formula is C23H17F3N2O4S. The summed E-state index contributed by atoms with van der Waals surface area (Å²) >= 11 is 0.907. The second-order valence-electron chi connectivity index (χ2n) is 7.30. The third-order valence-corrected chi connectivity index (χ3v) is 6.18. The van der Waals surface area contributed by atoms with Crippen LogP contribution in [0.5, 0.6) is 5.75 Å². The summed E-state index contributed by atoms with van der Waals surface area (Å²) in [5.74, 6) is -1.42. The molecule has 0 unspecified atom stereocenters. The van der Waals surface area contributed by atoms with Crippen molar-refractivity contribution in [2.45, 2.75) is 26.1 Å². The van der Waals surface area contributed by atoms with Gasteiger partial charge in [-0.15, -0.1) is 11.3 Å². The van der Waals surface area contributed by atoms with E-state index in [0.717, 1.165) is 17.4 Å². The number of carbonyl (C=O) groups is 2. The molecule has 0 amide bonds. The van der Waals surface area contributed by atoms with Crippen LogP contribution in [0.4, 0.5) is 13.2 Å².